The van der Waals surface area contributed by atoms with Crippen LogP contribution in [0.15, 0.2) is 24.3 Å². The van der Waals surface area contributed by atoms with Crippen LogP contribution in [0.2, 0.25) is 0 Å². The monoisotopic (exact) mass is 304 g/mol. The second-order valence-electron chi connectivity index (χ2n) is 3.50. The maximum absolute atomic E-state index is 11.4. The van der Waals surface area contributed by atoms with Crippen molar-refractivity contribution in [3.63, 3.8) is 0 Å². The Morgan fingerprint density at radius 3 is 2.43 bits per heavy atom. The zero-order chi connectivity index (χ0) is 10.6. The molecule has 0 spiro atoms. The second kappa shape index (κ2) is 5.34. The van der Waals surface area contributed by atoms with Crippen molar-refractivity contribution in [3.8, 4) is 0 Å². The van der Waals surface area contributed by atoms with Gasteiger partial charge in [0.25, 0.3) is 0 Å². The van der Waals surface area contributed by atoms with Crippen LogP contribution in [0.1, 0.15) is 24.2 Å². The van der Waals surface area contributed by atoms with Gasteiger partial charge < -0.3 is 4.74 Å². The maximum Gasteiger partial charge on any atom is 0.338 e. The van der Waals surface area contributed by atoms with E-state index in [1.807, 2.05) is 26.0 Å². The van der Waals surface area contributed by atoms with E-state index < -0.39 is 0 Å². The first-order chi connectivity index (χ1) is 6.59. The fourth-order valence-electron chi connectivity index (χ4n) is 0.912. The zero-order valence-electron chi connectivity index (χ0n) is 8.29. The Morgan fingerprint density at radius 1 is 1.36 bits per heavy atom. The van der Waals surface area contributed by atoms with Crippen molar-refractivity contribution in [2.24, 2.45) is 5.92 Å². The summed E-state index contributed by atoms with van der Waals surface area (Å²) in [5, 5.41) is 0. The Kier molecular flexibility index (Phi) is 4.38. The molecule has 0 bridgehead atoms. The highest BCUT2D eigenvalue weighted by Gasteiger charge is 2.06. The minimum atomic E-state index is -0.241. The van der Waals surface area contributed by atoms with Gasteiger partial charge in [-0.2, -0.15) is 0 Å². The molecule has 0 N–H and O–H groups in total. The number of carbonyl (C=O) groups excluding carboxylic acids is 1. The normalized spacial score (nSPS) is 10.3. The van der Waals surface area contributed by atoms with Gasteiger partial charge in [-0.25, -0.2) is 4.79 Å². The van der Waals surface area contributed by atoms with E-state index in [1.165, 1.54) is 0 Å². The molecule has 1 rings (SSSR count). The molecule has 0 atom stereocenters. The van der Waals surface area contributed by atoms with E-state index in [1.54, 1.807) is 12.1 Å². The molecule has 2 nitrogen and oxygen atoms in total. The van der Waals surface area contributed by atoms with Gasteiger partial charge in [0.05, 0.1) is 12.2 Å². The summed E-state index contributed by atoms with van der Waals surface area (Å²) in [5.74, 6) is 0.137. The number of ether oxygens (including phenoxy) is 1. The van der Waals surface area contributed by atoms with E-state index in [9.17, 15) is 4.79 Å². The summed E-state index contributed by atoms with van der Waals surface area (Å²) in [6.45, 7) is 4.51. The molecule has 0 radical (unpaired) electrons. The number of carbonyl (C=O) groups is 1. The van der Waals surface area contributed by atoms with Gasteiger partial charge in [-0.05, 0) is 52.8 Å². The van der Waals surface area contributed by atoms with Crippen LogP contribution in [0, 0.1) is 9.49 Å². The topological polar surface area (TPSA) is 26.3 Å². The fraction of sp³-hybridized carbons (Fsp3) is 0.364. The van der Waals surface area contributed by atoms with E-state index in [-0.39, 0.29) is 5.97 Å². The molecule has 0 saturated heterocycles. The molecule has 1 aromatic rings. The van der Waals surface area contributed by atoms with E-state index in [0.29, 0.717) is 18.1 Å². The average Bonchev–Trinajstić information content (AvgIpc) is 2.15. The number of hydrogen-bond acceptors (Lipinski definition) is 2. The number of benzene rings is 1. The van der Waals surface area contributed by atoms with Crippen molar-refractivity contribution in [2.45, 2.75) is 13.8 Å². The highest BCUT2D eigenvalue weighted by molar-refractivity contribution is 14.1. The summed E-state index contributed by atoms with van der Waals surface area (Å²) < 4.78 is 6.20. The van der Waals surface area contributed by atoms with Crippen LogP contribution in [-0.2, 0) is 4.74 Å². The molecule has 0 heterocycles. The summed E-state index contributed by atoms with van der Waals surface area (Å²) >= 11 is 2.20. The lowest BCUT2D eigenvalue weighted by Crippen LogP contribution is -2.09. The number of esters is 1. The molecule has 14 heavy (non-hydrogen) atoms. The maximum atomic E-state index is 11.4. The first kappa shape index (κ1) is 11.5. The third-order valence-electron chi connectivity index (χ3n) is 1.63. The van der Waals surface area contributed by atoms with Gasteiger partial charge in [-0.15, -0.1) is 0 Å². The Balaban J connectivity index is 2.57. The smallest absolute Gasteiger partial charge is 0.338 e. The lowest BCUT2D eigenvalue weighted by molar-refractivity contribution is 0.0459. The summed E-state index contributed by atoms with van der Waals surface area (Å²) in [4.78, 5) is 11.4. The van der Waals surface area contributed by atoms with E-state index in [0.717, 1.165) is 3.57 Å². The summed E-state index contributed by atoms with van der Waals surface area (Å²) in [7, 11) is 0. The van der Waals surface area contributed by atoms with Crippen LogP contribution in [-0.4, -0.2) is 12.6 Å². The van der Waals surface area contributed by atoms with E-state index >= 15 is 0 Å². The minimum Gasteiger partial charge on any atom is -0.462 e. The molecular weight excluding hydrogens is 291 g/mol. The summed E-state index contributed by atoms with van der Waals surface area (Å²) in [5.41, 5.74) is 0.617. The molecule has 0 fully saturated rings. The van der Waals surface area contributed by atoms with E-state index in [4.69, 9.17) is 4.74 Å². The van der Waals surface area contributed by atoms with Crippen LogP contribution in [0.3, 0.4) is 0 Å². The molecule has 0 aliphatic heterocycles. The van der Waals surface area contributed by atoms with Gasteiger partial charge in [0.1, 0.15) is 0 Å². The van der Waals surface area contributed by atoms with Gasteiger partial charge in [-0.3, -0.25) is 0 Å². The van der Waals surface area contributed by atoms with Crippen molar-refractivity contribution in [1.82, 2.24) is 0 Å². The summed E-state index contributed by atoms with van der Waals surface area (Å²) in [6.07, 6.45) is 0. The molecule has 1 aromatic carbocycles. The largest absolute Gasteiger partial charge is 0.462 e. The molecule has 0 aliphatic carbocycles. The van der Waals surface area contributed by atoms with Crippen LogP contribution >= 0.6 is 22.6 Å². The Bertz CT molecular complexity index is 304. The van der Waals surface area contributed by atoms with Crippen molar-refractivity contribution in [3.05, 3.63) is 33.4 Å². The Morgan fingerprint density at radius 2 is 1.93 bits per heavy atom. The molecule has 3 heteroatoms. The molecular formula is C11H13IO2. The van der Waals surface area contributed by atoms with Crippen LogP contribution in [0.4, 0.5) is 0 Å². The van der Waals surface area contributed by atoms with Crippen molar-refractivity contribution >= 4 is 28.6 Å². The van der Waals surface area contributed by atoms with Gasteiger partial charge in [0, 0.05) is 3.57 Å². The van der Waals surface area contributed by atoms with Crippen molar-refractivity contribution in [1.29, 1.82) is 0 Å². The van der Waals surface area contributed by atoms with Gasteiger partial charge in [0.15, 0.2) is 0 Å². The molecule has 76 valence electrons. The predicted octanol–water partition coefficient (Wildman–Crippen LogP) is 3.10. The van der Waals surface area contributed by atoms with Crippen LogP contribution in [0.25, 0.3) is 0 Å². The van der Waals surface area contributed by atoms with Crippen molar-refractivity contribution in [2.75, 3.05) is 6.61 Å². The molecule has 0 unspecified atom stereocenters. The molecule has 0 saturated carbocycles. The van der Waals surface area contributed by atoms with Crippen molar-refractivity contribution < 1.29 is 9.53 Å². The zero-order valence-corrected chi connectivity index (χ0v) is 10.4. The molecule has 0 amide bonds. The highest BCUT2D eigenvalue weighted by atomic mass is 127. The first-order valence-corrected chi connectivity index (χ1v) is 5.60. The number of halogens is 1. The van der Waals surface area contributed by atoms with Gasteiger partial charge >= 0.3 is 5.97 Å². The average molecular weight is 304 g/mol. The third-order valence-corrected chi connectivity index (χ3v) is 2.35. The second-order valence-corrected chi connectivity index (χ2v) is 4.74. The predicted molar refractivity (Wildman–Crippen MR) is 64.3 cm³/mol. The molecule has 0 aromatic heterocycles. The highest BCUT2D eigenvalue weighted by Crippen LogP contribution is 2.08. The number of hydrogen-bond donors (Lipinski definition) is 0. The lowest BCUT2D eigenvalue weighted by atomic mass is 10.2. The van der Waals surface area contributed by atoms with E-state index in [2.05, 4.69) is 22.6 Å². The Labute approximate surface area is 97.8 Å². The SMILES string of the molecule is CC(C)COC(=O)c1ccc(I)cc1. The Hall–Kier alpha value is -0.580. The summed E-state index contributed by atoms with van der Waals surface area (Å²) in [6, 6.07) is 7.36. The van der Waals surface area contributed by atoms with Crippen LogP contribution < -0.4 is 0 Å². The standard InChI is InChI=1S/C11H13IO2/c1-8(2)7-14-11(13)9-3-5-10(12)6-4-9/h3-6,8H,7H2,1-2H3. The lowest BCUT2D eigenvalue weighted by Gasteiger charge is -2.06. The molecule has 0 aliphatic rings. The van der Waals surface area contributed by atoms with Gasteiger partial charge in [0.2, 0.25) is 0 Å². The quantitative estimate of drug-likeness (QED) is 0.633. The third kappa shape index (κ3) is 3.65. The first-order valence-electron chi connectivity index (χ1n) is 4.52. The van der Waals surface area contributed by atoms with Gasteiger partial charge in [-0.1, -0.05) is 13.8 Å². The fourth-order valence-corrected chi connectivity index (χ4v) is 1.27. The van der Waals surface area contributed by atoms with Crippen LogP contribution in [0.5, 0.6) is 0 Å². The number of rotatable bonds is 3. The minimum absolute atomic E-state index is 0.241.